The highest BCUT2D eigenvalue weighted by molar-refractivity contribution is 4.87. The highest BCUT2D eigenvalue weighted by atomic mass is 16.3. The van der Waals surface area contributed by atoms with Crippen LogP contribution in [-0.2, 0) is 0 Å². The molecule has 0 aromatic heterocycles. The molecule has 1 aliphatic heterocycles. The number of nitrogens with zero attached hydrogens (tertiary/aromatic N) is 1. The Kier molecular flexibility index (Phi) is 5.03. The number of likely N-dealkylation sites (N-methyl/N-ethyl adjacent to an activating group) is 1. The predicted molar refractivity (Wildman–Crippen MR) is 64.1 cm³/mol. The van der Waals surface area contributed by atoms with Crippen LogP contribution in [-0.4, -0.2) is 48.3 Å². The van der Waals surface area contributed by atoms with Crippen molar-refractivity contribution in [1.82, 2.24) is 10.2 Å². The van der Waals surface area contributed by atoms with Gasteiger partial charge in [-0.25, -0.2) is 0 Å². The normalized spacial score (nSPS) is 23.0. The molecule has 1 atom stereocenters. The Morgan fingerprint density at radius 1 is 1.40 bits per heavy atom. The molecule has 90 valence electrons. The van der Waals surface area contributed by atoms with Crippen LogP contribution in [0.15, 0.2) is 0 Å². The summed E-state index contributed by atoms with van der Waals surface area (Å²) in [6.07, 6.45) is 4.20. The summed E-state index contributed by atoms with van der Waals surface area (Å²) in [7, 11) is 2.13. The number of nitrogens with one attached hydrogen (secondary N) is 1. The monoisotopic (exact) mass is 214 g/mol. The van der Waals surface area contributed by atoms with Crippen LogP contribution >= 0.6 is 0 Å². The molecule has 1 aliphatic rings. The Hall–Kier alpha value is -0.120. The molecule has 1 rings (SSSR count). The van der Waals surface area contributed by atoms with Crippen molar-refractivity contribution in [1.29, 1.82) is 0 Å². The average Bonchev–Trinajstić information content (AvgIpc) is 2.18. The van der Waals surface area contributed by atoms with Crippen molar-refractivity contribution in [3.63, 3.8) is 0 Å². The highest BCUT2D eigenvalue weighted by Crippen LogP contribution is 2.20. The maximum atomic E-state index is 10.4. The van der Waals surface area contributed by atoms with E-state index in [-0.39, 0.29) is 0 Å². The van der Waals surface area contributed by atoms with E-state index in [1.165, 1.54) is 12.8 Å². The molecule has 1 fully saturated rings. The number of hydrogen-bond acceptors (Lipinski definition) is 3. The quantitative estimate of drug-likeness (QED) is 0.722. The van der Waals surface area contributed by atoms with Gasteiger partial charge in [0.1, 0.15) is 0 Å². The van der Waals surface area contributed by atoms with Gasteiger partial charge in [0.15, 0.2) is 0 Å². The van der Waals surface area contributed by atoms with E-state index < -0.39 is 5.60 Å². The van der Waals surface area contributed by atoms with Crippen LogP contribution in [0, 0.1) is 0 Å². The Morgan fingerprint density at radius 2 is 2.00 bits per heavy atom. The van der Waals surface area contributed by atoms with Gasteiger partial charge >= 0.3 is 0 Å². The van der Waals surface area contributed by atoms with Gasteiger partial charge in [-0.1, -0.05) is 13.3 Å². The molecule has 0 aromatic carbocycles. The Morgan fingerprint density at radius 3 is 2.53 bits per heavy atom. The Bertz CT molecular complexity index is 178. The molecule has 1 heterocycles. The Balaban J connectivity index is 2.37. The summed E-state index contributed by atoms with van der Waals surface area (Å²) in [5.41, 5.74) is -0.456. The molecule has 0 amide bonds. The molecular formula is C12H26N2O. The molecule has 0 saturated carbocycles. The van der Waals surface area contributed by atoms with Crippen LogP contribution in [0.1, 0.15) is 39.5 Å². The third-order valence-corrected chi connectivity index (χ3v) is 3.54. The lowest BCUT2D eigenvalue weighted by Crippen LogP contribution is -2.50. The van der Waals surface area contributed by atoms with Gasteiger partial charge in [-0.05, 0) is 46.3 Å². The zero-order valence-electron chi connectivity index (χ0n) is 10.4. The van der Waals surface area contributed by atoms with Crippen molar-refractivity contribution in [2.75, 3.05) is 26.7 Å². The van der Waals surface area contributed by atoms with E-state index >= 15 is 0 Å². The molecular weight excluding hydrogens is 188 g/mol. The number of aliphatic hydroxyl groups is 1. The number of rotatable bonds is 5. The van der Waals surface area contributed by atoms with E-state index in [4.69, 9.17) is 0 Å². The minimum Gasteiger partial charge on any atom is -0.388 e. The first-order chi connectivity index (χ1) is 7.07. The molecule has 1 saturated heterocycles. The first-order valence-electron chi connectivity index (χ1n) is 6.21. The molecule has 3 heteroatoms. The van der Waals surface area contributed by atoms with Gasteiger partial charge < -0.3 is 15.3 Å². The molecule has 0 bridgehead atoms. The predicted octanol–water partition coefficient (Wildman–Crippen LogP) is 1.22. The van der Waals surface area contributed by atoms with Crippen LogP contribution in [0.5, 0.6) is 0 Å². The lowest BCUT2D eigenvalue weighted by atomic mass is 9.91. The largest absolute Gasteiger partial charge is 0.388 e. The summed E-state index contributed by atoms with van der Waals surface area (Å²) >= 11 is 0. The van der Waals surface area contributed by atoms with E-state index in [0.29, 0.717) is 6.04 Å². The zero-order chi connectivity index (χ0) is 11.3. The minimum absolute atomic E-state index is 0.456. The standard InChI is InChI=1S/C12H26N2O/c1-4-5-11(2)14(3)10-12(15)6-8-13-9-7-12/h11,13,15H,4-10H2,1-3H3. The second-order valence-corrected chi connectivity index (χ2v) is 5.03. The SMILES string of the molecule is CCCC(C)N(C)CC1(O)CCNCC1. The van der Waals surface area contributed by atoms with Gasteiger partial charge in [0.2, 0.25) is 0 Å². The fraction of sp³-hybridized carbons (Fsp3) is 1.00. The van der Waals surface area contributed by atoms with Gasteiger partial charge in [-0.2, -0.15) is 0 Å². The van der Waals surface area contributed by atoms with Crippen molar-refractivity contribution < 1.29 is 5.11 Å². The van der Waals surface area contributed by atoms with Crippen LogP contribution in [0.25, 0.3) is 0 Å². The molecule has 0 radical (unpaired) electrons. The van der Waals surface area contributed by atoms with Gasteiger partial charge in [-0.3, -0.25) is 0 Å². The van der Waals surface area contributed by atoms with Crippen molar-refractivity contribution in [2.24, 2.45) is 0 Å². The fourth-order valence-electron chi connectivity index (χ4n) is 2.31. The lowest BCUT2D eigenvalue weighted by molar-refractivity contribution is -0.0232. The average molecular weight is 214 g/mol. The highest BCUT2D eigenvalue weighted by Gasteiger charge is 2.31. The summed E-state index contributed by atoms with van der Waals surface area (Å²) in [5.74, 6) is 0. The summed E-state index contributed by atoms with van der Waals surface area (Å²) in [4.78, 5) is 2.30. The van der Waals surface area contributed by atoms with E-state index in [1.807, 2.05) is 0 Å². The number of hydrogen-bond donors (Lipinski definition) is 2. The first kappa shape index (κ1) is 12.9. The summed E-state index contributed by atoms with van der Waals surface area (Å²) in [6, 6.07) is 0.578. The summed E-state index contributed by atoms with van der Waals surface area (Å²) in [6.45, 7) is 7.17. The van der Waals surface area contributed by atoms with Crippen LogP contribution in [0.4, 0.5) is 0 Å². The second-order valence-electron chi connectivity index (χ2n) is 5.03. The third kappa shape index (κ3) is 4.09. The molecule has 0 spiro atoms. The molecule has 15 heavy (non-hydrogen) atoms. The van der Waals surface area contributed by atoms with Crippen LogP contribution in [0.2, 0.25) is 0 Å². The van der Waals surface area contributed by atoms with Gasteiger partial charge in [-0.15, -0.1) is 0 Å². The van der Waals surface area contributed by atoms with Crippen molar-refractivity contribution in [3.05, 3.63) is 0 Å². The third-order valence-electron chi connectivity index (χ3n) is 3.54. The lowest BCUT2D eigenvalue weighted by Gasteiger charge is -2.38. The minimum atomic E-state index is -0.456. The smallest absolute Gasteiger partial charge is 0.0798 e. The van der Waals surface area contributed by atoms with E-state index in [0.717, 1.165) is 32.5 Å². The molecule has 3 nitrogen and oxygen atoms in total. The van der Waals surface area contributed by atoms with Crippen molar-refractivity contribution in [3.8, 4) is 0 Å². The summed E-state index contributed by atoms with van der Waals surface area (Å²) in [5, 5.41) is 13.7. The van der Waals surface area contributed by atoms with Crippen LogP contribution < -0.4 is 5.32 Å². The van der Waals surface area contributed by atoms with Crippen molar-refractivity contribution >= 4 is 0 Å². The van der Waals surface area contributed by atoms with Gasteiger partial charge in [0, 0.05) is 12.6 Å². The zero-order valence-corrected chi connectivity index (χ0v) is 10.4. The summed E-state index contributed by atoms with van der Waals surface area (Å²) < 4.78 is 0. The van der Waals surface area contributed by atoms with E-state index in [2.05, 4.69) is 31.1 Å². The maximum absolute atomic E-state index is 10.4. The molecule has 0 aromatic rings. The molecule has 0 aliphatic carbocycles. The van der Waals surface area contributed by atoms with Crippen molar-refractivity contribution in [2.45, 2.75) is 51.2 Å². The van der Waals surface area contributed by atoms with E-state index in [9.17, 15) is 5.11 Å². The first-order valence-corrected chi connectivity index (χ1v) is 6.21. The molecule has 2 N–H and O–H groups in total. The topological polar surface area (TPSA) is 35.5 Å². The maximum Gasteiger partial charge on any atom is 0.0798 e. The van der Waals surface area contributed by atoms with Gasteiger partial charge in [0.05, 0.1) is 5.60 Å². The van der Waals surface area contributed by atoms with Crippen LogP contribution in [0.3, 0.4) is 0 Å². The van der Waals surface area contributed by atoms with Gasteiger partial charge in [0.25, 0.3) is 0 Å². The fourth-order valence-corrected chi connectivity index (χ4v) is 2.31. The Labute approximate surface area is 93.9 Å². The molecule has 1 unspecified atom stereocenters. The van der Waals surface area contributed by atoms with E-state index in [1.54, 1.807) is 0 Å². The number of piperidine rings is 1. The second kappa shape index (κ2) is 5.83.